The molecule has 0 atom stereocenters. The molecular weight excluding hydrogens is 903 g/mol. The number of anilines is 3. The average molecular weight is 954 g/mol. The number of hydrogen-bond acceptors (Lipinski definition) is 1. The van der Waals surface area contributed by atoms with Gasteiger partial charge in [0, 0.05) is 22.5 Å². The lowest BCUT2D eigenvalue weighted by atomic mass is 9.84. The molecule has 13 rings (SSSR count). The van der Waals surface area contributed by atoms with Crippen molar-refractivity contribution in [3.8, 4) is 89.0 Å². The molecule has 1 nitrogen and oxygen atoms in total. The van der Waals surface area contributed by atoms with Gasteiger partial charge in [-0.3, -0.25) is 0 Å². The van der Waals surface area contributed by atoms with Gasteiger partial charge in [-0.2, -0.15) is 0 Å². The fourth-order valence-electron chi connectivity index (χ4n) is 11.2. The van der Waals surface area contributed by atoms with E-state index in [0.717, 1.165) is 56.0 Å². The van der Waals surface area contributed by atoms with Crippen LogP contribution in [0.3, 0.4) is 0 Å². The topological polar surface area (TPSA) is 3.24 Å². The summed E-state index contributed by atoms with van der Waals surface area (Å²) >= 11 is 0. The third-order valence-corrected chi connectivity index (χ3v) is 14.7. The maximum Gasteiger partial charge on any atom is 0.0618 e. The average Bonchev–Trinajstić information content (AvgIpc) is 3.50. The fraction of sp³-hybridized carbons (Fsp3) is 0. The Labute approximate surface area is 439 Å². The normalized spacial score (nSPS) is 11.2. The number of rotatable bonds is 11. The van der Waals surface area contributed by atoms with E-state index < -0.39 is 0 Å². The van der Waals surface area contributed by atoms with Gasteiger partial charge in [-0.05, 0) is 130 Å². The minimum absolute atomic E-state index is 1.06. The maximum atomic E-state index is 2.46. The quantitative estimate of drug-likeness (QED) is 0.117. The molecule has 0 bridgehead atoms. The summed E-state index contributed by atoms with van der Waals surface area (Å²) < 4.78 is 0. The van der Waals surface area contributed by atoms with Crippen molar-refractivity contribution in [2.24, 2.45) is 0 Å². The van der Waals surface area contributed by atoms with E-state index in [1.807, 2.05) is 0 Å². The highest BCUT2D eigenvalue weighted by Crippen LogP contribution is 2.49. The van der Waals surface area contributed by atoms with Crippen LogP contribution in [-0.4, -0.2) is 0 Å². The number of hydrogen-bond donors (Lipinski definition) is 0. The van der Waals surface area contributed by atoms with Crippen LogP contribution in [0.15, 0.2) is 309 Å². The molecule has 0 spiro atoms. The highest BCUT2D eigenvalue weighted by atomic mass is 15.1. The molecule has 0 heterocycles. The van der Waals surface area contributed by atoms with Gasteiger partial charge in [0.05, 0.1) is 5.69 Å². The second kappa shape index (κ2) is 20.0. The molecule has 0 saturated heterocycles. The molecule has 0 N–H and O–H groups in total. The molecular formula is C74H51N. The van der Waals surface area contributed by atoms with Gasteiger partial charge in [0.15, 0.2) is 0 Å². The summed E-state index contributed by atoms with van der Waals surface area (Å²) in [5, 5.41) is 4.98. The first-order valence-corrected chi connectivity index (χ1v) is 25.8. The highest BCUT2D eigenvalue weighted by molar-refractivity contribution is 6.22. The molecule has 0 aromatic heterocycles. The zero-order chi connectivity index (χ0) is 49.9. The number of fused-ring (bicyclic) bond motifs is 3. The molecule has 0 amide bonds. The van der Waals surface area contributed by atoms with E-state index in [9.17, 15) is 0 Å². The molecule has 0 fully saturated rings. The fourth-order valence-corrected chi connectivity index (χ4v) is 11.2. The van der Waals surface area contributed by atoms with Crippen LogP contribution in [0.4, 0.5) is 17.1 Å². The SMILES string of the molecule is c1ccc(-c2cccc(-c3ccc(N(c4ccc(-c5ccc6c(c5)c(-c5ccccc5)c(-c5ccccc5)c5ccccc56)cc4)c4c(-c5ccccc5)cccc4-c4ccccc4)cc3)c2-c2ccccc2)cc1. The van der Waals surface area contributed by atoms with E-state index >= 15 is 0 Å². The van der Waals surface area contributed by atoms with E-state index in [4.69, 9.17) is 0 Å². The zero-order valence-electron chi connectivity index (χ0n) is 41.4. The summed E-state index contributed by atoms with van der Waals surface area (Å²) in [6.45, 7) is 0. The second-order valence-corrected chi connectivity index (χ2v) is 19.1. The van der Waals surface area contributed by atoms with Gasteiger partial charge in [-0.1, -0.05) is 279 Å². The van der Waals surface area contributed by atoms with Crippen molar-refractivity contribution in [2.45, 2.75) is 0 Å². The zero-order valence-corrected chi connectivity index (χ0v) is 41.4. The summed E-state index contributed by atoms with van der Waals surface area (Å²) in [5.41, 5.74) is 22.2. The van der Waals surface area contributed by atoms with Crippen LogP contribution in [0.1, 0.15) is 0 Å². The Hall–Kier alpha value is -9.82. The summed E-state index contributed by atoms with van der Waals surface area (Å²) in [7, 11) is 0. The molecule has 0 aliphatic carbocycles. The van der Waals surface area contributed by atoms with Crippen molar-refractivity contribution in [3.63, 3.8) is 0 Å². The predicted octanol–water partition coefficient (Wildman–Crippen LogP) is 20.8. The predicted molar refractivity (Wildman–Crippen MR) is 320 cm³/mol. The molecule has 352 valence electrons. The van der Waals surface area contributed by atoms with Crippen LogP contribution in [0.2, 0.25) is 0 Å². The molecule has 0 saturated carbocycles. The molecule has 13 aromatic carbocycles. The van der Waals surface area contributed by atoms with Crippen molar-refractivity contribution >= 4 is 38.6 Å². The van der Waals surface area contributed by atoms with Gasteiger partial charge < -0.3 is 4.90 Å². The molecule has 0 unspecified atom stereocenters. The highest BCUT2D eigenvalue weighted by Gasteiger charge is 2.24. The molecule has 1 heteroatoms. The lowest BCUT2D eigenvalue weighted by molar-refractivity contribution is 1.28. The molecule has 13 aromatic rings. The Kier molecular flexibility index (Phi) is 12.0. The van der Waals surface area contributed by atoms with Crippen molar-refractivity contribution in [2.75, 3.05) is 4.90 Å². The van der Waals surface area contributed by atoms with Crippen LogP contribution >= 0.6 is 0 Å². The standard InChI is InChI=1S/C74H51N/c1-7-23-53(24-8-1)63-37-21-38-64(71(63)57-29-13-4-14-30-57)56-43-48-62(49-44-56)75(74-65(54-25-9-2-10-26-54)39-22-40-66(74)55-27-11-3-12-28-55)61-46-41-52(42-47-61)60-45-50-68-67-35-19-20-36-69(67)72(58-31-15-5-16-32-58)73(70(68)51-60)59-33-17-6-18-34-59/h1-51H. The Morgan fingerprint density at radius 1 is 0.173 bits per heavy atom. The van der Waals surface area contributed by atoms with E-state index in [1.165, 1.54) is 71.6 Å². The van der Waals surface area contributed by atoms with E-state index in [2.05, 4.69) is 314 Å². The maximum absolute atomic E-state index is 2.46. The Bertz CT molecular complexity index is 4040. The lowest BCUT2D eigenvalue weighted by Gasteiger charge is -2.31. The van der Waals surface area contributed by atoms with E-state index in [0.29, 0.717) is 0 Å². The minimum atomic E-state index is 1.06. The Morgan fingerprint density at radius 2 is 0.493 bits per heavy atom. The van der Waals surface area contributed by atoms with Gasteiger partial charge >= 0.3 is 0 Å². The molecule has 75 heavy (non-hydrogen) atoms. The van der Waals surface area contributed by atoms with Crippen LogP contribution in [0, 0.1) is 0 Å². The lowest BCUT2D eigenvalue weighted by Crippen LogP contribution is -2.12. The number of para-hydroxylation sites is 1. The monoisotopic (exact) mass is 953 g/mol. The molecule has 0 radical (unpaired) electrons. The third-order valence-electron chi connectivity index (χ3n) is 14.7. The van der Waals surface area contributed by atoms with Gasteiger partial charge in [-0.15, -0.1) is 0 Å². The van der Waals surface area contributed by atoms with Gasteiger partial charge in [0.1, 0.15) is 0 Å². The summed E-state index contributed by atoms with van der Waals surface area (Å²) in [5.74, 6) is 0. The van der Waals surface area contributed by atoms with Crippen molar-refractivity contribution in [1.29, 1.82) is 0 Å². The molecule has 0 aliphatic rings. The third kappa shape index (κ3) is 8.57. The summed E-state index contributed by atoms with van der Waals surface area (Å²) in [6.07, 6.45) is 0. The van der Waals surface area contributed by atoms with E-state index in [-0.39, 0.29) is 0 Å². The Morgan fingerprint density at radius 3 is 0.960 bits per heavy atom. The smallest absolute Gasteiger partial charge is 0.0618 e. The number of benzene rings is 13. The Balaban J connectivity index is 0.991. The van der Waals surface area contributed by atoms with Crippen molar-refractivity contribution < 1.29 is 0 Å². The van der Waals surface area contributed by atoms with Gasteiger partial charge in [0.25, 0.3) is 0 Å². The van der Waals surface area contributed by atoms with Gasteiger partial charge in [-0.25, -0.2) is 0 Å². The first-order chi connectivity index (χ1) is 37.2. The first-order valence-electron chi connectivity index (χ1n) is 25.8. The van der Waals surface area contributed by atoms with Crippen LogP contribution in [0.5, 0.6) is 0 Å². The van der Waals surface area contributed by atoms with Crippen molar-refractivity contribution in [3.05, 3.63) is 309 Å². The van der Waals surface area contributed by atoms with Gasteiger partial charge in [0.2, 0.25) is 0 Å². The largest absolute Gasteiger partial charge is 0.309 e. The second-order valence-electron chi connectivity index (χ2n) is 19.1. The van der Waals surface area contributed by atoms with Crippen LogP contribution in [0.25, 0.3) is 111 Å². The number of nitrogens with zero attached hydrogens (tertiary/aromatic N) is 1. The minimum Gasteiger partial charge on any atom is -0.309 e. The van der Waals surface area contributed by atoms with Crippen LogP contribution in [-0.2, 0) is 0 Å². The molecule has 0 aliphatic heterocycles. The summed E-state index contributed by atoms with van der Waals surface area (Å²) in [4.78, 5) is 2.46. The van der Waals surface area contributed by atoms with Crippen molar-refractivity contribution in [1.82, 2.24) is 0 Å². The first kappa shape index (κ1) is 45.1. The van der Waals surface area contributed by atoms with Crippen LogP contribution < -0.4 is 4.90 Å². The van der Waals surface area contributed by atoms with E-state index in [1.54, 1.807) is 0 Å². The summed E-state index contributed by atoms with van der Waals surface area (Å²) in [6, 6.07) is 113.